The van der Waals surface area contributed by atoms with Crippen molar-refractivity contribution in [3.8, 4) is 17.1 Å². The molecule has 3 aromatic rings. The van der Waals surface area contributed by atoms with Gasteiger partial charge < -0.3 is 9.64 Å². The Morgan fingerprint density at radius 3 is 2.61 bits per heavy atom. The number of rotatable bonds is 8. The number of carbonyl (C=O) groups is 3. The lowest BCUT2D eigenvalue weighted by atomic mass is 10.1. The van der Waals surface area contributed by atoms with Crippen LogP contribution in [-0.4, -0.2) is 39.9 Å². The molecule has 9 heteroatoms. The third-order valence-electron chi connectivity index (χ3n) is 5.07. The summed E-state index contributed by atoms with van der Waals surface area (Å²) in [7, 11) is 0. The predicted octanol–water partition coefficient (Wildman–Crippen LogP) is 4.25. The van der Waals surface area contributed by atoms with Gasteiger partial charge in [-0.2, -0.15) is 0 Å². The summed E-state index contributed by atoms with van der Waals surface area (Å²) in [5.74, 6) is 0.0799. The molecule has 2 heterocycles. The first kappa shape index (κ1) is 22.5. The van der Waals surface area contributed by atoms with Gasteiger partial charge in [-0.25, -0.2) is 4.98 Å². The molecular weight excluding hydrogens is 440 g/mol. The Balaban J connectivity index is 1.67. The Bertz CT molecular complexity index is 1250. The molecule has 168 valence electrons. The van der Waals surface area contributed by atoms with Crippen LogP contribution in [0.3, 0.4) is 0 Å². The molecule has 2 aromatic carbocycles. The number of nitrogens with zero attached hydrogens (tertiary/aromatic N) is 3. The second kappa shape index (κ2) is 9.83. The minimum atomic E-state index is -0.449. The van der Waals surface area contributed by atoms with Gasteiger partial charge in [-0.15, -0.1) is 5.10 Å². The number of carbonyl (C=O) groups excluding carboxylic acids is 3. The number of para-hydroxylation sites is 2. The number of anilines is 1. The Morgan fingerprint density at radius 1 is 1.15 bits per heavy atom. The maximum absolute atomic E-state index is 13.2. The summed E-state index contributed by atoms with van der Waals surface area (Å²) in [5.41, 5.74) is 2.44. The van der Waals surface area contributed by atoms with Gasteiger partial charge in [-0.3, -0.25) is 19.5 Å². The van der Waals surface area contributed by atoms with Gasteiger partial charge in [0, 0.05) is 19.0 Å². The second-order valence-corrected chi connectivity index (χ2v) is 8.35. The largest absolute Gasteiger partial charge is 0.426 e. The number of ether oxygens (including phenoxy) is 1. The highest BCUT2D eigenvalue weighted by Gasteiger charge is 2.34. The lowest BCUT2D eigenvalue weighted by Gasteiger charge is -2.16. The van der Waals surface area contributed by atoms with Gasteiger partial charge in [-0.1, -0.05) is 43.7 Å². The zero-order valence-electron chi connectivity index (χ0n) is 18.2. The first-order valence-corrected chi connectivity index (χ1v) is 11.3. The molecule has 1 aliphatic rings. The van der Waals surface area contributed by atoms with E-state index in [9.17, 15) is 14.4 Å². The molecule has 0 saturated heterocycles. The number of amides is 1. The summed E-state index contributed by atoms with van der Waals surface area (Å²) in [5, 5.41) is 7.28. The van der Waals surface area contributed by atoms with Crippen LogP contribution >= 0.6 is 11.8 Å². The molecule has 0 bridgehead atoms. The number of aromatic amines is 1. The van der Waals surface area contributed by atoms with Gasteiger partial charge in [-0.05, 0) is 36.4 Å². The van der Waals surface area contributed by atoms with Crippen LogP contribution in [0.15, 0.2) is 58.6 Å². The van der Waals surface area contributed by atoms with Crippen molar-refractivity contribution in [2.45, 2.75) is 31.8 Å². The number of hydrogen-bond donors (Lipinski definition) is 1. The highest BCUT2D eigenvalue weighted by molar-refractivity contribution is 8.04. The highest BCUT2D eigenvalue weighted by atomic mass is 32.2. The van der Waals surface area contributed by atoms with Crippen LogP contribution < -0.4 is 9.64 Å². The van der Waals surface area contributed by atoms with E-state index in [2.05, 4.69) is 22.1 Å². The third-order valence-corrected chi connectivity index (χ3v) is 5.96. The van der Waals surface area contributed by atoms with Gasteiger partial charge >= 0.3 is 5.97 Å². The summed E-state index contributed by atoms with van der Waals surface area (Å²) in [6, 6.07) is 14.4. The van der Waals surface area contributed by atoms with Crippen molar-refractivity contribution in [1.29, 1.82) is 0 Å². The quantitative estimate of drug-likeness (QED) is 0.175. The fraction of sp³-hybridized carbons (Fsp3) is 0.208. The molecule has 8 nitrogen and oxygen atoms in total. The van der Waals surface area contributed by atoms with Crippen LogP contribution in [0.2, 0.25) is 0 Å². The fourth-order valence-electron chi connectivity index (χ4n) is 3.61. The molecule has 0 spiro atoms. The SMILES string of the molecule is CCCCN1C(=O)/C(=C(/C=O)Sc2n[nH]c(-c3ccccc3OC(C)=O)n2)c2ccccc21. The number of H-pyrrole nitrogens is 1. The summed E-state index contributed by atoms with van der Waals surface area (Å²) >= 11 is 1.02. The molecule has 1 amide bonds. The molecule has 1 aliphatic heterocycles. The number of hydrogen-bond acceptors (Lipinski definition) is 7. The van der Waals surface area contributed by atoms with E-state index >= 15 is 0 Å². The number of aromatic nitrogens is 3. The maximum atomic E-state index is 13.2. The number of fused-ring (bicyclic) bond motifs is 1. The van der Waals surface area contributed by atoms with Gasteiger partial charge in [0.25, 0.3) is 5.91 Å². The standard InChI is InChI=1S/C24H22N4O4S/c1-3-4-13-28-18-11-7-5-9-16(18)21(23(28)31)20(14-29)33-24-25-22(26-27-24)17-10-6-8-12-19(17)32-15(2)30/h5-12,14H,3-4,13H2,1-2H3,(H,25,26,27)/b21-20-. The van der Waals surface area contributed by atoms with Crippen LogP contribution in [0, 0.1) is 0 Å². The average molecular weight is 463 g/mol. The number of unbranched alkanes of at least 4 members (excludes halogenated alkanes) is 1. The van der Waals surface area contributed by atoms with E-state index < -0.39 is 5.97 Å². The minimum absolute atomic E-state index is 0.199. The topological polar surface area (TPSA) is 105 Å². The summed E-state index contributed by atoms with van der Waals surface area (Å²) in [6.07, 6.45) is 2.48. The molecule has 4 rings (SSSR count). The molecule has 0 atom stereocenters. The van der Waals surface area contributed by atoms with Crippen LogP contribution in [0.5, 0.6) is 5.75 Å². The van der Waals surface area contributed by atoms with E-state index in [-0.39, 0.29) is 16.0 Å². The van der Waals surface area contributed by atoms with E-state index in [4.69, 9.17) is 4.74 Å². The number of esters is 1. The smallest absolute Gasteiger partial charge is 0.308 e. The van der Waals surface area contributed by atoms with Gasteiger partial charge in [0.15, 0.2) is 12.1 Å². The molecular formula is C24H22N4O4S. The second-order valence-electron chi connectivity index (χ2n) is 7.34. The summed E-state index contributed by atoms with van der Waals surface area (Å²) in [6.45, 7) is 3.97. The Kier molecular flexibility index (Phi) is 6.69. The van der Waals surface area contributed by atoms with Crippen molar-refractivity contribution < 1.29 is 19.1 Å². The number of allylic oxidation sites excluding steroid dienone is 1. The van der Waals surface area contributed by atoms with Crippen LogP contribution in [0.1, 0.15) is 32.3 Å². The molecule has 1 aromatic heterocycles. The van der Waals surface area contributed by atoms with E-state index in [0.717, 1.165) is 35.9 Å². The summed E-state index contributed by atoms with van der Waals surface area (Å²) < 4.78 is 5.24. The van der Waals surface area contributed by atoms with E-state index in [1.807, 2.05) is 24.3 Å². The number of benzene rings is 2. The zero-order valence-corrected chi connectivity index (χ0v) is 19.0. The molecule has 0 radical (unpaired) electrons. The number of thioether (sulfide) groups is 1. The first-order chi connectivity index (χ1) is 16.0. The Morgan fingerprint density at radius 2 is 1.88 bits per heavy atom. The summed E-state index contributed by atoms with van der Waals surface area (Å²) in [4.78, 5) is 43.1. The van der Waals surface area contributed by atoms with Crippen LogP contribution in [-0.2, 0) is 14.4 Å². The van der Waals surface area contributed by atoms with Gasteiger partial charge in [0.2, 0.25) is 5.16 Å². The molecule has 0 saturated carbocycles. The molecule has 0 unspecified atom stereocenters. The van der Waals surface area contributed by atoms with Crippen molar-refractivity contribution in [2.24, 2.45) is 0 Å². The molecule has 1 N–H and O–H groups in total. The van der Waals surface area contributed by atoms with Crippen LogP contribution in [0.25, 0.3) is 17.0 Å². The monoisotopic (exact) mass is 462 g/mol. The molecule has 0 aliphatic carbocycles. The van der Waals surface area contributed by atoms with E-state index in [0.29, 0.717) is 35.5 Å². The maximum Gasteiger partial charge on any atom is 0.308 e. The van der Waals surface area contributed by atoms with Crippen molar-refractivity contribution in [3.63, 3.8) is 0 Å². The molecule has 33 heavy (non-hydrogen) atoms. The highest BCUT2D eigenvalue weighted by Crippen LogP contribution is 2.41. The average Bonchev–Trinajstić information content (AvgIpc) is 3.38. The van der Waals surface area contributed by atoms with Gasteiger partial charge in [0.1, 0.15) is 5.75 Å². The van der Waals surface area contributed by atoms with Gasteiger partial charge in [0.05, 0.1) is 21.7 Å². The van der Waals surface area contributed by atoms with E-state index in [1.165, 1.54) is 6.92 Å². The van der Waals surface area contributed by atoms with Crippen molar-refractivity contribution in [2.75, 3.05) is 11.4 Å². The number of aldehydes is 1. The fourth-order valence-corrected chi connectivity index (χ4v) is 4.38. The number of nitrogens with one attached hydrogen (secondary N) is 1. The predicted molar refractivity (Wildman–Crippen MR) is 126 cm³/mol. The Labute approximate surface area is 195 Å². The minimum Gasteiger partial charge on any atom is -0.426 e. The van der Waals surface area contributed by atoms with Crippen LogP contribution in [0.4, 0.5) is 5.69 Å². The van der Waals surface area contributed by atoms with Crippen molar-refractivity contribution >= 4 is 41.2 Å². The molecule has 0 fully saturated rings. The zero-order chi connectivity index (χ0) is 23.4. The first-order valence-electron chi connectivity index (χ1n) is 10.5. The lowest BCUT2D eigenvalue weighted by molar-refractivity contribution is -0.131. The van der Waals surface area contributed by atoms with Crippen molar-refractivity contribution in [3.05, 3.63) is 59.0 Å². The normalized spacial score (nSPS) is 14.2. The Hall–Kier alpha value is -3.72. The third kappa shape index (κ3) is 4.58. The van der Waals surface area contributed by atoms with Crippen molar-refractivity contribution in [1.82, 2.24) is 15.2 Å². The van der Waals surface area contributed by atoms with E-state index in [1.54, 1.807) is 29.2 Å². The lowest BCUT2D eigenvalue weighted by Crippen LogP contribution is -2.27.